The van der Waals surface area contributed by atoms with Gasteiger partial charge in [-0.3, -0.25) is 29.4 Å². The highest BCUT2D eigenvalue weighted by molar-refractivity contribution is 6.35. The van der Waals surface area contributed by atoms with Gasteiger partial charge in [0.25, 0.3) is 0 Å². The summed E-state index contributed by atoms with van der Waals surface area (Å²) in [6, 6.07) is 9.73. The average Bonchev–Trinajstić information content (AvgIpc) is 3.35. The van der Waals surface area contributed by atoms with Crippen molar-refractivity contribution in [2.75, 3.05) is 12.4 Å². The number of likely N-dealkylation sites (tertiary alicyclic amines) is 1. The summed E-state index contributed by atoms with van der Waals surface area (Å²) in [4.78, 5) is 53.7. The van der Waals surface area contributed by atoms with E-state index in [9.17, 15) is 19.2 Å². The average molecular weight is 483 g/mol. The molecule has 9 nitrogen and oxygen atoms in total. The van der Waals surface area contributed by atoms with Crippen molar-refractivity contribution in [2.45, 2.75) is 31.5 Å². The molecular formula is C24H23ClN4O5. The van der Waals surface area contributed by atoms with Crippen molar-refractivity contribution in [3.05, 3.63) is 58.1 Å². The molecule has 0 saturated carbocycles. The molecule has 3 heterocycles. The van der Waals surface area contributed by atoms with Gasteiger partial charge < -0.3 is 15.8 Å². The van der Waals surface area contributed by atoms with Gasteiger partial charge in [0.2, 0.25) is 23.6 Å². The molecule has 4 N–H and O–H groups in total. The number of halogens is 1. The van der Waals surface area contributed by atoms with Gasteiger partial charge in [-0.05, 0) is 36.2 Å². The number of methoxy groups -OCH3 is 1. The number of benzene rings is 2. The van der Waals surface area contributed by atoms with Crippen molar-refractivity contribution in [2.24, 2.45) is 17.6 Å². The van der Waals surface area contributed by atoms with Crippen molar-refractivity contribution in [3.63, 3.8) is 0 Å². The van der Waals surface area contributed by atoms with Crippen LogP contribution in [-0.4, -0.2) is 41.7 Å². The quantitative estimate of drug-likeness (QED) is 0.553. The molecule has 4 atom stereocenters. The minimum absolute atomic E-state index is 0.0388. The first-order valence-electron chi connectivity index (χ1n) is 10.8. The second-order valence-corrected chi connectivity index (χ2v) is 9.37. The Morgan fingerprint density at radius 1 is 1.18 bits per heavy atom. The van der Waals surface area contributed by atoms with Gasteiger partial charge in [-0.1, -0.05) is 29.8 Å². The molecule has 2 aromatic carbocycles. The van der Waals surface area contributed by atoms with E-state index in [-0.39, 0.29) is 13.0 Å². The number of anilines is 1. The topological polar surface area (TPSA) is 131 Å². The highest BCUT2D eigenvalue weighted by Gasteiger charge is 2.70. The van der Waals surface area contributed by atoms with Gasteiger partial charge >= 0.3 is 0 Å². The Bertz CT molecular complexity index is 1250. The number of nitrogens with one attached hydrogen (secondary N) is 2. The Kier molecular flexibility index (Phi) is 5.14. The van der Waals surface area contributed by atoms with Gasteiger partial charge in [-0.15, -0.1) is 0 Å². The van der Waals surface area contributed by atoms with E-state index < -0.39 is 47.0 Å². The van der Waals surface area contributed by atoms with Crippen LogP contribution in [0.2, 0.25) is 5.02 Å². The molecule has 0 radical (unpaired) electrons. The minimum atomic E-state index is -1.53. The molecule has 10 heteroatoms. The van der Waals surface area contributed by atoms with Crippen molar-refractivity contribution in [1.82, 2.24) is 10.2 Å². The number of carbonyl (C=O) groups is 4. The summed E-state index contributed by atoms with van der Waals surface area (Å²) in [6.45, 7) is 1.87. The number of hydrogen-bond acceptors (Lipinski definition) is 6. The van der Waals surface area contributed by atoms with E-state index in [1.54, 1.807) is 43.5 Å². The zero-order valence-electron chi connectivity index (χ0n) is 18.6. The Labute approximate surface area is 200 Å². The zero-order valence-corrected chi connectivity index (χ0v) is 19.3. The number of nitrogens with two attached hydrogens (primary N) is 1. The fourth-order valence-electron chi connectivity index (χ4n) is 5.51. The summed E-state index contributed by atoms with van der Waals surface area (Å²) >= 11 is 6.40. The lowest BCUT2D eigenvalue weighted by Crippen LogP contribution is -2.53. The van der Waals surface area contributed by atoms with Crippen LogP contribution in [0.5, 0.6) is 5.75 Å². The first-order chi connectivity index (χ1) is 16.2. The predicted octanol–water partition coefficient (Wildman–Crippen LogP) is 1.45. The van der Waals surface area contributed by atoms with Crippen molar-refractivity contribution < 1.29 is 23.9 Å². The van der Waals surface area contributed by atoms with Gasteiger partial charge in [0.1, 0.15) is 11.3 Å². The molecule has 3 aliphatic heterocycles. The molecule has 1 spiro atoms. The van der Waals surface area contributed by atoms with Crippen molar-refractivity contribution >= 4 is 40.9 Å². The Morgan fingerprint density at radius 3 is 2.53 bits per heavy atom. The summed E-state index contributed by atoms with van der Waals surface area (Å²) in [6.07, 6.45) is -0.194. The largest absolute Gasteiger partial charge is 0.497 e. The standard InChI is InChI=1S/C24H23ClN4O5/c1-11-7-14-20(15(25)8-11)27-23(33)24(14)19-18(16(28-24)9-17(26)30)21(31)29(22(19)32)10-12-3-5-13(34-2)6-4-12/h3-8,16,18-19,28H,9-10H2,1-2H3,(H2,26,30)(H,27,33)/t16-,18+,19+,24+/m0/s1. The van der Waals surface area contributed by atoms with E-state index in [1.165, 1.54) is 0 Å². The Morgan fingerprint density at radius 2 is 1.88 bits per heavy atom. The third kappa shape index (κ3) is 3.11. The first kappa shape index (κ1) is 22.4. The highest BCUT2D eigenvalue weighted by atomic mass is 35.5. The Balaban J connectivity index is 1.59. The molecule has 4 amide bonds. The zero-order chi connectivity index (χ0) is 24.4. The molecule has 0 aliphatic carbocycles. The molecule has 3 aliphatic rings. The van der Waals surface area contributed by atoms with E-state index in [2.05, 4.69) is 10.6 Å². The van der Waals surface area contributed by atoms with E-state index in [1.807, 2.05) is 6.92 Å². The summed E-state index contributed by atoms with van der Waals surface area (Å²) in [5.74, 6) is -3.35. The van der Waals surface area contributed by atoms with E-state index >= 15 is 0 Å². The number of imide groups is 1. The number of primary amides is 1. The van der Waals surface area contributed by atoms with Gasteiger partial charge in [0.05, 0.1) is 36.2 Å². The monoisotopic (exact) mass is 482 g/mol. The number of nitrogens with zero attached hydrogens (tertiary/aromatic N) is 1. The lowest BCUT2D eigenvalue weighted by atomic mass is 9.76. The number of rotatable bonds is 5. The molecule has 2 saturated heterocycles. The molecular weight excluding hydrogens is 460 g/mol. The van der Waals surface area contributed by atoms with Gasteiger partial charge in [-0.25, -0.2) is 0 Å². The molecule has 5 rings (SSSR count). The van der Waals surface area contributed by atoms with Crippen LogP contribution < -0.4 is 21.1 Å². The van der Waals surface area contributed by atoms with Crippen LogP contribution >= 0.6 is 11.6 Å². The van der Waals surface area contributed by atoms with Crippen LogP contribution in [0.25, 0.3) is 0 Å². The van der Waals surface area contributed by atoms with Crippen LogP contribution in [0, 0.1) is 18.8 Å². The normalized spacial score (nSPS) is 27.2. The smallest absolute Gasteiger partial charge is 0.250 e. The summed E-state index contributed by atoms with van der Waals surface area (Å²) in [5.41, 5.74) is 6.35. The molecule has 176 valence electrons. The Hall–Kier alpha value is -3.43. The van der Waals surface area contributed by atoms with Gasteiger partial charge in [0.15, 0.2) is 0 Å². The number of fused-ring (bicyclic) bond motifs is 4. The first-order valence-corrected chi connectivity index (χ1v) is 11.2. The van der Waals surface area contributed by atoms with Gasteiger partial charge in [-0.2, -0.15) is 0 Å². The van der Waals surface area contributed by atoms with Crippen LogP contribution in [0.3, 0.4) is 0 Å². The number of carbonyl (C=O) groups excluding carboxylic acids is 4. The predicted molar refractivity (Wildman–Crippen MR) is 123 cm³/mol. The minimum Gasteiger partial charge on any atom is -0.497 e. The third-order valence-electron chi connectivity index (χ3n) is 6.93. The molecule has 0 aromatic heterocycles. The van der Waals surface area contributed by atoms with Crippen molar-refractivity contribution in [3.8, 4) is 5.75 Å². The van der Waals surface area contributed by atoms with Crippen LogP contribution in [-0.2, 0) is 31.3 Å². The van der Waals surface area contributed by atoms with E-state index in [0.717, 1.165) is 16.0 Å². The molecule has 0 bridgehead atoms. The fourth-order valence-corrected chi connectivity index (χ4v) is 5.84. The second kappa shape index (κ2) is 7.82. The van der Waals surface area contributed by atoms with Crippen LogP contribution in [0.1, 0.15) is 23.1 Å². The van der Waals surface area contributed by atoms with Crippen molar-refractivity contribution in [1.29, 1.82) is 0 Å². The number of amides is 4. The fraction of sp³-hybridized carbons (Fsp3) is 0.333. The number of aryl methyl sites for hydroxylation is 1. The second-order valence-electron chi connectivity index (χ2n) is 8.97. The van der Waals surface area contributed by atoms with E-state index in [0.29, 0.717) is 22.0 Å². The number of hydrogen-bond donors (Lipinski definition) is 3. The highest BCUT2D eigenvalue weighted by Crippen LogP contribution is 2.54. The maximum atomic E-state index is 13.8. The molecule has 2 fully saturated rings. The molecule has 2 aromatic rings. The maximum absolute atomic E-state index is 13.8. The maximum Gasteiger partial charge on any atom is 0.250 e. The van der Waals surface area contributed by atoms with Crippen LogP contribution in [0.15, 0.2) is 36.4 Å². The summed E-state index contributed by atoms with van der Waals surface area (Å²) in [5, 5.41) is 6.28. The SMILES string of the molecule is COc1ccc(CN2C(=O)[C@@H]3[C@H](CC(N)=O)N[C@@]4(C(=O)Nc5c(Cl)cc(C)cc54)[C@H]3C2=O)cc1. The summed E-state index contributed by atoms with van der Waals surface area (Å²) in [7, 11) is 1.55. The molecule has 34 heavy (non-hydrogen) atoms. The lowest BCUT2D eigenvalue weighted by molar-refractivity contribution is -0.143. The van der Waals surface area contributed by atoms with Crippen LogP contribution in [0.4, 0.5) is 5.69 Å². The summed E-state index contributed by atoms with van der Waals surface area (Å²) < 4.78 is 5.17. The number of ether oxygens (including phenoxy) is 1. The molecule has 0 unspecified atom stereocenters. The van der Waals surface area contributed by atoms with Gasteiger partial charge in [0, 0.05) is 18.0 Å². The van der Waals surface area contributed by atoms with E-state index in [4.69, 9.17) is 22.1 Å². The lowest BCUT2D eigenvalue weighted by Gasteiger charge is -2.29. The third-order valence-corrected chi connectivity index (χ3v) is 7.23.